The van der Waals surface area contributed by atoms with E-state index in [1.165, 1.54) is 19.1 Å². The van der Waals surface area contributed by atoms with Crippen LogP contribution in [0.15, 0.2) is 36.4 Å². The van der Waals surface area contributed by atoms with Gasteiger partial charge in [-0.15, -0.1) is 0 Å². The second kappa shape index (κ2) is 8.18. The summed E-state index contributed by atoms with van der Waals surface area (Å²) < 4.78 is 13.0. The molecule has 0 aliphatic rings. The van der Waals surface area contributed by atoms with Crippen molar-refractivity contribution in [3.05, 3.63) is 52.3 Å². The maximum atomic E-state index is 13.0. The minimum absolute atomic E-state index is 0.114. The number of benzene rings is 2. The zero-order valence-electron chi connectivity index (χ0n) is 13.5. The number of amides is 2. The summed E-state index contributed by atoms with van der Waals surface area (Å²) in [6, 6.07) is 8.03. The van der Waals surface area contributed by atoms with Crippen molar-refractivity contribution in [2.75, 3.05) is 16.0 Å². The number of halogens is 3. The topological polar surface area (TPSA) is 70.2 Å². The lowest BCUT2D eigenvalue weighted by Crippen LogP contribution is -2.32. The molecule has 0 saturated heterocycles. The number of nitrogens with one attached hydrogen (secondary N) is 3. The first-order valence-electron chi connectivity index (χ1n) is 7.36. The van der Waals surface area contributed by atoms with Gasteiger partial charge in [0.1, 0.15) is 11.9 Å². The van der Waals surface area contributed by atoms with Crippen molar-refractivity contribution in [3.63, 3.8) is 0 Å². The van der Waals surface area contributed by atoms with Crippen molar-refractivity contribution in [1.29, 1.82) is 0 Å². The SMILES string of the molecule is CC(=O)Nc1ccc(N[C@@H](C)C(=O)Nc2ccc(F)cc2Cl)cc1Cl. The summed E-state index contributed by atoms with van der Waals surface area (Å²) in [6.07, 6.45) is 0. The molecule has 0 aliphatic carbocycles. The number of rotatable bonds is 5. The van der Waals surface area contributed by atoms with E-state index in [4.69, 9.17) is 23.2 Å². The van der Waals surface area contributed by atoms with Crippen LogP contribution in [0, 0.1) is 5.82 Å². The highest BCUT2D eigenvalue weighted by Gasteiger charge is 2.15. The fourth-order valence-electron chi connectivity index (χ4n) is 2.04. The highest BCUT2D eigenvalue weighted by molar-refractivity contribution is 6.34. The van der Waals surface area contributed by atoms with Gasteiger partial charge in [-0.25, -0.2) is 4.39 Å². The molecule has 0 unspecified atom stereocenters. The van der Waals surface area contributed by atoms with Crippen LogP contribution >= 0.6 is 23.2 Å². The predicted octanol–water partition coefficient (Wildman–Crippen LogP) is 4.53. The lowest BCUT2D eigenvalue weighted by atomic mass is 10.2. The Labute approximate surface area is 154 Å². The zero-order valence-corrected chi connectivity index (χ0v) is 15.0. The van der Waals surface area contributed by atoms with Gasteiger partial charge in [-0.1, -0.05) is 23.2 Å². The van der Waals surface area contributed by atoms with Crippen molar-refractivity contribution in [1.82, 2.24) is 0 Å². The van der Waals surface area contributed by atoms with E-state index in [1.54, 1.807) is 25.1 Å². The molecule has 0 aromatic heterocycles. The molecule has 25 heavy (non-hydrogen) atoms. The molecule has 0 spiro atoms. The summed E-state index contributed by atoms with van der Waals surface area (Å²) in [4.78, 5) is 23.3. The average Bonchev–Trinajstić information content (AvgIpc) is 2.52. The Morgan fingerprint density at radius 2 is 1.60 bits per heavy atom. The van der Waals surface area contributed by atoms with E-state index < -0.39 is 11.9 Å². The van der Waals surface area contributed by atoms with Gasteiger partial charge in [-0.2, -0.15) is 0 Å². The van der Waals surface area contributed by atoms with Crippen molar-refractivity contribution in [2.45, 2.75) is 19.9 Å². The summed E-state index contributed by atoms with van der Waals surface area (Å²) in [5.41, 5.74) is 1.41. The third kappa shape index (κ3) is 5.34. The monoisotopic (exact) mass is 383 g/mol. The van der Waals surface area contributed by atoms with Crippen LogP contribution in [0.1, 0.15) is 13.8 Å². The van der Waals surface area contributed by atoms with Gasteiger partial charge in [0.05, 0.1) is 21.4 Å². The maximum Gasteiger partial charge on any atom is 0.246 e. The van der Waals surface area contributed by atoms with E-state index in [1.807, 2.05) is 0 Å². The summed E-state index contributed by atoms with van der Waals surface area (Å²) in [6.45, 7) is 3.04. The lowest BCUT2D eigenvalue weighted by Gasteiger charge is -2.17. The molecular weight excluding hydrogens is 368 g/mol. The quantitative estimate of drug-likeness (QED) is 0.710. The first-order chi connectivity index (χ1) is 11.8. The van der Waals surface area contributed by atoms with Gasteiger partial charge in [0.15, 0.2) is 0 Å². The summed E-state index contributed by atoms with van der Waals surface area (Å²) in [5, 5.41) is 8.66. The van der Waals surface area contributed by atoms with Crippen molar-refractivity contribution >= 4 is 52.1 Å². The van der Waals surface area contributed by atoms with Crippen LogP contribution in [0.4, 0.5) is 21.5 Å². The predicted molar refractivity (Wildman–Crippen MR) is 98.9 cm³/mol. The largest absolute Gasteiger partial charge is 0.374 e. The zero-order chi connectivity index (χ0) is 18.6. The Bertz CT molecular complexity index is 814. The molecule has 2 aromatic carbocycles. The van der Waals surface area contributed by atoms with Crippen LogP contribution < -0.4 is 16.0 Å². The van der Waals surface area contributed by atoms with Crippen molar-refractivity contribution in [2.24, 2.45) is 0 Å². The first-order valence-corrected chi connectivity index (χ1v) is 8.11. The molecule has 2 amide bonds. The van der Waals surface area contributed by atoms with Gasteiger partial charge >= 0.3 is 0 Å². The third-order valence-electron chi connectivity index (χ3n) is 3.25. The van der Waals surface area contributed by atoms with Crippen LogP contribution in [-0.4, -0.2) is 17.9 Å². The van der Waals surface area contributed by atoms with Crippen LogP contribution in [0.2, 0.25) is 10.0 Å². The molecule has 0 aliphatic heterocycles. The summed E-state index contributed by atoms with van der Waals surface area (Å²) in [5.74, 6) is -1.06. The highest BCUT2D eigenvalue weighted by Crippen LogP contribution is 2.26. The van der Waals surface area contributed by atoms with E-state index in [-0.39, 0.29) is 16.8 Å². The molecule has 8 heteroatoms. The molecule has 0 fully saturated rings. The van der Waals surface area contributed by atoms with E-state index in [9.17, 15) is 14.0 Å². The number of anilines is 3. The van der Waals surface area contributed by atoms with Crippen molar-refractivity contribution < 1.29 is 14.0 Å². The normalized spacial score (nSPS) is 11.6. The Balaban J connectivity index is 2.03. The van der Waals surface area contributed by atoms with Gasteiger partial charge in [0, 0.05) is 12.6 Å². The molecule has 132 valence electrons. The number of carbonyl (C=O) groups excluding carboxylic acids is 2. The molecular formula is C17H16Cl2FN3O2. The van der Waals surface area contributed by atoms with E-state index in [0.717, 1.165) is 6.07 Å². The average molecular weight is 384 g/mol. The molecule has 0 bridgehead atoms. The third-order valence-corrected chi connectivity index (χ3v) is 3.87. The number of carbonyl (C=O) groups is 2. The molecule has 0 radical (unpaired) electrons. The van der Waals surface area contributed by atoms with Gasteiger partial charge < -0.3 is 16.0 Å². The second-order valence-corrected chi connectivity index (χ2v) is 6.17. The second-order valence-electron chi connectivity index (χ2n) is 5.36. The standard InChI is InChI=1S/C17H16Cl2FN3O2/c1-9(17(25)23-16-5-3-11(20)7-13(16)18)21-12-4-6-15(14(19)8-12)22-10(2)24/h3-9,21H,1-2H3,(H,22,24)(H,23,25)/t9-/m0/s1. The van der Waals surface area contributed by atoms with Gasteiger partial charge in [0.2, 0.25) is 11.8 Å². The van der Waals surface area contributed by atoms with Crippen LogP contribution in [0.25, 0.3) is 0 Å². The number of hydrogen-bond acceptors (Lipinski definition) is 3. The molecule has 0 heterocycles. The highest BCUT2D eigenvalue weighted by atomic mass is 35.5. The summed E-state index contributed by atoms with van der Waals surface area (Å²) >= 11 is 12.0. The minimum atomic E-state index is -0.608. The smallest absolute Gasteiger partial charge is 0.246 e. The summed E-state index contributed by atoms with van der Waals surface area (Å²) in [7, 11) is 0. The molecule has 0 saturated carbocycles. The van der Waals surface area contributed by atoms with E-state index >= 15 is 0 Å². The number of hydrogen-bond donors (Lipinski definition) is 3. The van der Waals surface area contributed by atoms with Crippen LogP contribution in [0.5, 0.6) is 0 Å². The maximum absolute atomic E-state index is 13.0. The fraction of sp³-hybridized carbons (Fsp3) is 0.176. The Kier molecular flexibility index (Phi) is 6.22. The Morgan fingerprint density at radius 1 is 1.00 bits per heavy atom. The Morgan fingerprint density at radius 3 is 2.20 bits per heavy atom. The molecule has 2 rings (SSSR count). The minimum Gasteiger partial charge on any atom is -0.374 e. The van der Waals surface area contributed by atoms with Crippen molar-refractivity contribution in [3.8, 4) is 0 Å². The van der Waals surface area contributed by atoms with Crippen LogP contribution in [-0.2, 0) is 9.59 Å². The molecule has 3 N–H and O–H groups in total. The first kappa shape index (κ1) is 19.0. The fourth-order valence-corrected chi connectivity index (χ4v) is 2.49. The lowest BCUT2D eigenvalue weighted by molar-refractivity contribution is -0.116. The van der Waals surface area contributed by atoms with Crippen LogP contribution in [0.3, 0.4) is 0 Å². The Hall–Kier alpha value is -2.31. The van der Waals surface area contributed by atoms with Gasteiger partial charge in [0.25, 0.3) is 0 Å². The molecule has 1 atom stereocenters. The van der Waals surface area contributed by atoms with Gasteiger partial charge in [-0.3, -0.25) is 9.59 Å². The van der Waals surface area contributed by atoms with E-state index in [2.05, 4.69) is 16.0 Å². The van der Waals surface area contributed by atoms with Gasteiger partial charge in [-0.05, 0) is 43.3 Å². The molecule has 2 aromatic rings. The van der Waals surface area contributed by atoms with E-state index in [0.29, 0.717) is 22.1 Å². The molecule has 5 nitrogen and oxygen atoms in total.